The van der Waals surface area contributed by atoms with Gasteiger partial charge in [0.2, 0.25) is 6.79 Å². The number of likely N-dealkylation sites (tertiary alicyclic amines) is 1. The largest absolute Gasteiger partial charge is 0.454 e. The van der Waals surface area contributed by atoms with Gasteiger partial charge in [-0.1, -0.05) is 0 Å². The van der Waals surface area contributed by atoms with Gasteiger partial charge in [-0.15, -0.1) is 0 Å². The van der Waals surface area contributed by atoms with Gasteiger partial charge in [0, 0.05) is 37.8 Å². The van der Waals surface area contributed by atoms with Gasteiger partial charge in [-0.05, 0) is 44.9 Å². The summed E-state index contributed by atoms with van der Waals surface area (Å²) >= 11 is 0. The van der Waals surface area contributed by atoms with Crippen LogP contribution in [-0.4, -0.2) is 60.8 Å². The minimum atomic E-state index is -0.0226. The van der Waals surface area contributed by atoms with Crippen molar-refractivity contribution in [2.24, 2.45) is 0 Å². The molecule has 2 heterocycles. The van der Waals surface area contributed by atoms with Gasteiger partial charge in [0.25, 0.3) is 5.91 Å². The second kappa shape index (κ2) is 7.63. The molecule has 1 N–H and O–H groups in total. The van der Waals surface area contributed by atoms with Crippen LogP contribution < -0.4 is 14.8 Å². The van der Waals surface area contributed by atoms with E-state index in [9.17, 15) is 9.59 Å². The van der Waals surface area contributed by atoms with Crippen molar-refractivity contribution in [2.75, 3.05) is 33.0 Å². The summed E-state index contributed by atoms with van der Waals surface area (Å²) < 4.78 is 10.6. The number of carbonyl (C=O) groups is 2. The predicted octanol–water partition coefficient (Wildman–Crippen LogP) is 2.07. The maximum atomic E-state index is 12.7. The highest BCUT2D eigenvalue weighted by Gasteiger charge is 2.26. The van der Waals surface area contributed by atoms with E-state index in [-0.39, 0.29) is 24.8 Å². The molecule has 0 unspecified atom stereocenters. The summed E-state index contributed by atoms with van der Waals surface area (Å²) in [7, 11) is 0. The lowest BCUT2D eigenvalue weighted by Gasteiger charge is -2.33. The fraction of sp³-hybridized carbons (Fsp3) is 0.556. The van der Waals surface area contributed by atoms with E-state index in [0.717, 1.165) is 12.8 Å². The molecule has 0 bridgehead atoms. The van der Waals surface area contributed by atoms with E-state index in [1.54, 1.807) is 23.1 Å². The minimum Gasteiger partial charge on any atom is -0.454 e. The van der Waals surface area contributed by atoms with Crippen LogP contribution in [0.3, 0.4) is 0 Å². The molecule has 0 aromatic heterocycles. The van der Waals surface area contributed by atoms with Crippen molar-refractivity contribution in [3.8, 4) is 11.5 Å². The average Bonchev–Trinajstić information content (AvgIpc) is 3.10. The second-order valence-electron chi connectivity index (χ2n) is 6.26. The SMILES string of the molecule is CCN(CC)C(=O)NC1CCN(C(=O)c2ccc3c(c2)OCO3)CC1. The fourth-order valence-electron chi connectivity index (χ4n) is 3.22. The molecule has 7 heteroatoms. The topological polar surface area (TPSA) is 71.1 Å². The molecule has 0 spiro atoms. The van der Waals surface area contributed by atoms with Gasteiger partial charge in [0.15, 0.2) is 11.5 Å². The normalized spacial score (nSPS) is 16.6. The van der Waals surface area contributed by atoms with Crippen LogP contribution in [0.4, 0.5) is 4.79 Å². The zero-order chi connectivity index (χ0) is 17.8. The summed E-state index contributed by atoms with van der Waals surface area (Å²) in [6.45, 7) is 6.80. The van der Waals surface area contributed by atoms with E-state index in [2.05, 4.69) is 5.32 Å². The number of amides is 3. The Morgan fingerprint density at radius 2 is 1.84 bits per heavy atom. The summed E-state index contributed by atoms with van der Waals surface area (Å²) in [5.74, 6) is 1.29. The monoisotopic (exact) mass is 347 g/mol. The van der Waals surface area contributed by atoms with Gasteiger partial charge in [0.1, 0.15) is 0 Å². The molecule has 2 aliphatic heterocycles. The van der Waals surface area contributed by atoms with E-state index in [4.69, 9.17) is 9.47 Å². The third-order valence-electron chi connectivity index (χ3n) is 4.78. The van der Waals surface area contributed by atoms with E-state index >= 15 is 0 Å². The molecule has 1 fully saturated rings. The van der Waals surface area contributed by atoms with Gasteiger partial charge < -0.3 is 24.6 Å². The first kappa shape index (κ1) is 17.4. The molecule has 0 atom stereocenters. The smallest absolute Gasteiger partial charge is 0.317 e. The number of ether oxygens (including phenoxy) is 2. The molecule has 2 aliphatic rings. The van der Waals surface area contributed by atoms with Gasteiger partial charge in [-0.25, -0.2) is 4.79 Å². The van der Waals surface area contributed by atoms with E-state index in [1.807, 2.05) is 18.7 Å². The van der Waals surface area contributed by atoms with Gasteiger partial charge in [0.05, 0.1) is 0 Å². The van der Waals surface area contributed by atoms with Crippen LogP contribution in [0, 0.1) is 0 Å². The summed E-state index contributed by atoms with van der Waals surface area (Å²) in [4.78, 5) is 28.4. The Balaban J connectivity index is 1.53. The molecule has 0 saturated carbocycles. The van der Waals surface area contributed by atoms with Gasteiger partial charge in [-0.2, -0.15) is 0 Å². The summed E-state index contributed by atoms with van der Waals surface area (Å²) in [5, 5.41) is 3.07. The highest BCUT2D eigenvalue weighted by atomic mass is 16.7. The first-order chi connectivity index (χ1) is 12.1. The number of carbonyl (C=O) groups excluding carboxylic acids is 2. The fourth-order valence-corrected chi connectivity index (χ4v) is 3.22. The molecular formula is C18H25N3O4. The lowest BCUT2D eigenvalue weighted by molar-refractivity contribution is 0.0706. The highest BCUT2D eigenvalue weighted by molar-refractivity contribution is 5.95. The number of piperidine rings is 1. The Kier molecular flexibility index (Phi) is 5.31. The van der Waals surface area contributed by atoms with Crippen molar-refractivity contribution >= 4 is 11.9 Å². The molecule has 7 nitrogen and oxygen atoms in total. The van der Waals surface area contributed by atoms with Crippen molar-refractivity contribution < 1.29 is 19.1 Å². The maximum absolute atomic E-state index is 12.7. The van der Waals surface area contributed by atoms with E-state index in [1.165, 1.54) is 0 Å². The Bertz CT molecular complexity index is 637. The quantitative estimate of drug-likeness (QED) is 0.905. The minimum absolute atomic E-state index is 0.00757. The Morgan fingerprint density at radius 1 is 1.16 bits per heavy atom. The van der Waals surface area contributed by atoms with Gasteiger partial charge >= 0.3 is 6.03 Å². The molecule has 1 saturated heterocycles. The highest BCUT2D eigenvalue weighted by Crippen LogP contribution is 2.33. The lowest BCUT2D eigenvalue weighted by Crippen LogP contribution is -2.50. The van der Waals surface area contributed by atoms with Crippen molar-refractivity contribution in [3.63, 3.8) is 0 Å². The molecule has 0 radical (unpaired) electrons. The van der Waals surface area contributed by atoms with Gasteiger partial charge in [-0.3, -0.25) is 4.79 Å². The third-order valence-corrected chi connectivity index (χ3v) is 4.78. The molecule has 3 rings (SSSR count). The van der Waals surface area contributed by atoms with Crippen LogP contribution in [0.1, 0.15) is 37.0 Å². The van der Waals surface area contributed by atoms with Crippen molar-refractivity contribution in [1.82, 2.24) is 15.1 Å². The Labute approximate surface area is 147 Å². The van der Waals surface area contributed by atoms with Crippen molar-refractivity contribution in [3.05, 3.63) is 23.8 Å². The molecule has 25 heavy (non-hydrogen) atoms. The first-order valence-electron chi connectivity index (χ1n) is 8.86. The van der Waals surface area contributed by atoms with Crippen LogP contribution in [0.15, 0.2) is 18.2 Å². The Morgan fingerprint density at radius 3 is 2.52 bits per heavy atom. The number of fused-ring (bicyclic) bond motifs is 1. The summed E-state index contributed by atoms with van der Waals surface area (Å²) in [6, 6.07) is 5.37. The summed E-state index contributed by atoms with van der Waals surface area (Å²) in [6.07, 6.45) is 1.53. The number of urea groups is 1. The van der Waals surface area contributed by atoms with E-state index < -0.39 is 0 Å². The molecule has 1 aromatic carbocycles. The molecule has 3 amide bonds. The van der Waals surface area contributed by atoms with Crippen LogP contribution in [0.2, 0.25) is 0 Å². The zero-order valence-electron chi connectivity index (χ0n) is 14.8. The lowest BCUT2D eigenvalue weighted by atomic mass is 10.0. The van der Waals surface area contributed by atoms with Crippen LogP contribution in [0.5, 0.6) is 11.5 Å². The zero-order valence-corrected chi connectivity index (χ0v) is 14.8. The maximum Gasteiger partial charge on any atom is 0.317 e. The standard InChI is InChI=1S/C18H25N3O4/c1-3-20(4-2)18(23)19-14-7-9-21(10-8-14)17(22)13-5-6-15-16(11-13)25-12-24-15/h5-6,11,14H,3-4,7-10,12H2,1-2H3,(H,19,23). The molecule has 1 aromatic rings. The summed E-state index contributed by atoms with van der Waals surface area (Å²) in [5.41, 5.74) is 0.606. The number of hydrogen-bond acceptors (Lipinski definition) is 4. The van der Waals surface area contributed by atoms with Crippen molar-refractivity contribution in [2.45, 2.75) is 32.7 Å². The number of nitrogens with zero attached hydrogens (tertiary/aromatic N) is 2. The Hall–Kier alpha value is -2.44. The first-order valence-corrected chi connectivity index (χ1v) is 8.86. The number of nitrogens with one attached hydrogen (secondary N) is 1. The van der Waals surface area contributed by atoms with Crippen LogP contribution in [-0.2, 0) is 0 Å². The van der Waals surface area contributed by atoms with Crippen LogP contribution >= 0.6 is 0 Å². The van der Waals surface area contributed by atoms with Crippen molar-refractivity contribution in [1.29, 1.82) is 0 Å². The molecule has 136 valence electrons. The number of rotatable bonds is 4. The molecular weight excluding hydrogens is 322 g/mol. The number of benzene rings is 1. The predicted molar refractivity (Wildman–Crippen MR) is 92.9 cm³/mol. The van der Waals surface area contributed by atoms with E-state index in [0.29, 0.717) is 43.2 Å². The molecule has 0 aliphatic carbocycles. The average molecular weight is 347 g/mol. The second-order valence-corrected chi connectivity index (χ2v) is 6.26. The third kappa shape index (κ3) is 3.81. The van der Waals surface area contributed by atoms with Crippen LogP contribution in [0.25, 0.3) is 0 Å². The number of hydrogen-bond donors (Lipinski definition) is 1.